The highest BCUT2D eigenvalue weighted by Gasteiger charge is 2.34. The first-order valence-electron chi connectivity index (χ1n) is 7.76. The summed E-state index contributed by atoms with van der Waals surface area (Å²) in [6, 6.07) is 7.38. The van der Waals surface area contributed by atoms with E-state index in [2.05, 4.69) is 61.5 Å². The fraction of sp³-hybridized carbons (Fsp3) is 0.647. The molecule has 2 unspecified atom stereocenters. The van der Waals surface area contributed by atoms with E-state index < -0.39 is 0 Å². The number of nitrogens with zero attached hydrogens (tertiary/aromatic N) is 2. The minimum Gasteiger partial charge on any atom is -0.497 e. The van der Waals surface area contributed by atoms with Crippen LogP contribution in [-0.4, -0.2) is 64.2 Å². The average Bonchev–Trinajstić information content (AvgIpc) is 2.84. The molecule has 0 bridgehead atoms. The van der Waals surface area contributed by atoms with Gasteiger partial charge in [-0.1, -0.05) is 6.07 Å². The maximum Gasteiger partial charge on any atom is 0.119 e. The van der Waals surface area contributed by atoms with E-state index in [1.165, 1.54) is 17.5 Å². The van der Waals surface area contributed by atoms with Crippen molar-refractivity contribution in [1.29, 1.82) is 0 Å². The second kappa shape index (κ2) is 7.25. The average molecular weight is 291 g/mol. The molecule has 0 radical (unpaired) electrons. The standard InChI is InChI=1S/C17H29N3O/c1-18-17-15-12-14(21-5)8-7-13(15)11-16(17)20(4)10-6-9-19(2)3/h7-8,12,16-18H,6,9-11H2,1-5H3. The molecule has 0 amide bonds. The van der Waals surface area contributed by atoms with Crippen LogP contribution >= 0.6 is 0 Å². The van der Waals surface area contributed by atoms with Crippen LogP contribution < -0.4 is 10.1 Å². The summed E-state index contributed by atoms with van der Waals surface area (Å²) in [5, 5.41) is 3.49. The number of methoxy groups -OCH3 is 1. The monoisotopic (exact) mass is 291 g/mol. The Bertz CT molecular complexity index is 461. The van der Waals surface area contributed by atoms with E-state index in [1.807, 2.05) is 0 Å². The summed E-state index contributed by atoms with van der Waals surface area (Å²) >= 11 is 0. The Morgan fingerprint density at radius 1 is 1.24 bits per heavy atom. The van der Waals surface area contributed by atoms with E-state index in [4.69, 9.17) is 4.74 Å². The summed E-state index contributed by atoms with van der Waals surface area (Å²) in [5.74, 6) is 0.949. The lowest BCUT2D eigenvalue weighted by molar-refractivity contribution is 0.199. The summed E-state index contributed by atoms with van der Waals surface area (Å²) in [6.07, 6.45) is 2.32. The number of likely N-dealkylation sites (N-methyl/N-ethyl adjacent to an activating group) is 2. The van der Waals surface area contributed by atoms with Crippen LogP contribution in [-0.2, 0) is 6.42 Å². The van der Waals surface area contributed by atoms with E-state index in [0.717, 1.165) is 25.3 Å². The molecule has 1 aliphatic carbocycles. The van der Waals surface area contributed by atoms with Gasteiger partial charge in [0.1, 0.15) is 5.75 Å². The van der Waals surface area contributed by atoms with Gasteiger partial charge >= 0.3 is 0 Å². The molecule has 4 heteroatoms. The molecule has 0 saturated heterocycles. The fourth-order valence-electron chi connectivity index (χ4n) is 3.29. The molecule has 2 atom stereocenters. The quantitative estimate of drug-likeness (QED) is 0.828. The third-order valence-electron chi connectivity index (χ3n) is 4.50. The van der Waals surface area contributed by atoms with Gasteiger partial charge in [0.2, 0.25) is 0 Å². The second-order valence-corrected chi connectivity index (χ2v) is 6.24. The van der Waals surface area contributed by atoms with Gasteiger partial charge in [0, 0.05) is 12.1 Å². The molecule has 0 aliphatic heterocycles. The van der Waals surface area contributed by atoms with Crippen molar-refractivity contribution in [2.24, 2.45) is 0 Å². The van der Waals surface area contributed by atoms with Crippen LogP contribution in [0.25, 0.3) is 0 Å². The van der Waals surface area contributed by atoms with Gasteiger partial charge in [0.05, 0.1) is 7.11 Å². The van der Waals surface area contributed by atoms with Crippen molar-refractivity contribution in [1.82, 2.24) is 15.1 Å². The van der Waals surface area contributed by atoms with Crippen molar-refractivity contribution in [2.75, 3.05) is 48.4 Å². The maximum atomic E-state index is 5.37. The molecular formula is C17H29N3O. The first-order valence-corrected chi connectivity index (χ1v) is 7.76. The van der Waals surface area contributed by atoms with Crippen LogP contribution in [0.15, 0.2) is 18.2 Å². The molecule has 118 valence electrons. The summed E-state index contributed by atoms with van der Waals surface area (Å²) in [6.45, 7) is 2.27. The van der Waals surface area contributed by atoms with Crippen LogP contribution in [0.5, 0.6) is 5.75 Å². The highest BCUT2D eigenvalue weighted by atomic mass is 16.5. The van der Waals surface area contributed by atoms with Crippen LogP contribution in [0.3, 0.4) is 0 Å². The van der Waals surface area contributed by atoms with Crippen LogP contribution in [0, 0.1) is 0 Å². The van der Waals surface area contributed by atoms with Crippen LogP contribution in [0.1, 0.15) is 23.6 Å². The molecule has 0 saturated carbocycles. The lowest BCUT2D eigenvalue weighted by Gasteiger charge is -2.30. The fourth-order valence-corrected chi connectivity index (χ4v) is 3.29. The summed E-state index contributed by atoms with van der Waals surface area (Å²) in [5.41, 5.74) is 2.83. The smallest absolute Gasteiger partial charge is 0.119 e. The van der Waals surface area contributed by atoms with Crippen molar-refractivity contribution >= 4 is 0 Å². The summed E-state index contributed by atoms with van der Waals surface area (Å²) in [7, 11) is 10.3. The van der Waals surface area contributed by atoms with Crippen molar-refractivity contribution in [2.45, 2.75) is 24.9 Å². The molecule has 0 aromatic heterocycles. The second-order valence-electron chi connectivity index (χ2n) is 6.24. The Kier molecular flexibility index (Phi) is 5.62. The molecule has 0 fully saturated rings. The molecular weight excluding hydrogens is 262 g/mol. The normalized spacial score (nSPS) is 21.1. The van der Waals surface area contributed by atoms with Gasteiger partial charge in [-0.15, -0.1) is 0 Å². The summed E-state index contributed by atoms with van der Waals surface area (Å²) in [4.78, 5) is 4.74. The maximum absolute atomic E-state index is 5.37. The molecule has 2 rings (SSSR count). The van der Waals surface area contributed by atoms with Gasteiger partial charge in [0.15, 0.2) is 0 Å². The van der Waals surface area contributed by atoms with Crippen molar-refractivity contribution < 1.29 is 4.74 Å². The van der Waals surface area contributed by atoms with Gasteiger partial charge in [-0.05, 0) is 77.4 Å². The molecule has 21 heavy (non-hydrogen) atoms. The van der Waals surface area contributed by atoms with E-state index in [0.29, 0.717) is 12.1 Å². The minimum absolute atomic E-state index is 0.388. The van der Waals surface area contributed by atoms with Crippen molar-refractivity contribution in [3.8, 4) is 5.75 Å². The predicted molar refractivity (Wildman–Crippen MR) is 88.1 cm³/mol. The SMILES string of the molecule is CNC1c2cc(OC)ccc2CC1N(C)CCCN(C)C. The molecule has 1 N–H and O–H groups in total. The Hall–Kier alpha value is -1.10. The highest BCUT2D eigenvalue weighted by Crippen LogP contribution is 2.36. The largest absolute Gasteiger partial charge is 0.497 e. The predicted octanol–water partition coefficient (Wildman–Crippen LogP) is 1.76. The number of rotatable bonds is 7. The number of ether oxygens (including phenoxy) is 1. The lowest BCUT2D eigenvalue weighted by atomic mass is 10.1. The lowest BCUT2D eigenvalue weighted by Crippen LogP contribution is -2.40. The van der Waals surface area contributed by atoms with Crippen LogP contribution in [0.2, 0.25) is 0 Å². The van der Waals surface area contributed by atoms with Crippen LogP contribution in [0.4, 0.5) is 0 Å². The van der Waals surface area contributed by atoms with Crippen molar-refractivity contribution in [3.63, 3.8) is 0 Å². The Labute approximate surface area is 129 Å². The Morgan fingerprint density at radius 3 is 2.62 bits per heavy atom. The number of fused-ring (bicyclic) bond motifs is 1. The zero-order chi connectivity index (χ0) is 15.4. The van der Waals surface area contributed by atoms with Gasteiger partial charge < -0.3 is 19.9 Å². The number of benzene rings is 1. The molecule has 0 heterocycles. The first kappa shape index (κ1) is 16.3. The molecule has 4 nitrogen and oxygen atoms in total. The third-order valence-corrected chi connectivity index (χ3v) is 4.50. The minimum atomic E-state index is 0.388. The summed E-state index contributed by atoms with van der Waals surface area (Å²) < 4.78 is 5.37. The number of hydrogen-bond donors (Lipinski definition) is 1. The van der Waals surface area contributed by atoms with Gasteiger partial charge in [-0.25, -0.2) is 0 Å². The molecule has 1 aromatic carbocycles. The van der Waals surface area contributed by atoms with Gasteiger partial charge in [-0.2, -0.15) is 0 Å². The zero-order valence-electron chi connectivity index (χ0n) is 14.0. The molecule has 0 spiro atoms. The topological polar surface area (TPSA) is 27.7 Å². The van der Waals surface area contributed by atoms with E-state index in [1.54, 1.807) is 7.11 Å². The molecule has 1 aromatic rings. The zero-order valence-corrected chi connectivity index (χ0v) is 14.0. The van der Waals surface area contributed by atoms with E-state index in [9.17, 15) is 0 Å². The van der Waals surface area contributed by atoms with E-state index in [-0.39, 0.29) is 0 Å². The highest BCUT2D eigenvalue weighted by molar-refractivity contribution is 5.42. The molecule has 1 aliphatic rings. The Balaban J connectivity index is 2.05. The van der Waals surface area contributed by atoms with Gasteiger partial charge in [0.25, 0.3) is 0 Å². The van der Waals surface area contributed by atoms with Crippen molar-refractivity contribution in [3.05, 3.63) is 29.3 Å². The number of hydrogen-bond acceptors (Lipinski definition) is 4. The number of nitrogens with one attached hydrogen (secondary N) is 1. The van der Waals surface area contributed by atoms with E-state index >= 15 is 0 Å². The Morgan fingerprint density at radius 2 is 2.00 bits per heavy atom. The third kappa shape index (κ3) is 3.76. The van der Waals surface area contributed by atoms with Gasteiger partial charge in [-0.3, -0.25) is 0 Å². The first-order chi connectivity index (χ1) is 10.1.